The van der Waals surface area contributed by atoms with Gasteiger partial charge in [-0.1, -0.05) is 11.6 Å². The average Bonchev–Trinajstić information content (AvgIpc) is 2.27. The summed E-state index contributed by atoms with van der Waals surface area (Å²) in [5.41, 5.74) is 0.761. The third-order valence-electron chi connectivity index (χ3n) is 2.17. The number of alkyl halides is 2. The lowest BCUT2D eigenvalue weighted by molar-refractivity contribution is -0.0373. The van der Waals surface area contributed by atoms with Crippen LogP contribution in [-0.2, 0) is 0 Å². The summed E-state index contributed by atoms with van der Waals surface area (Å²) in [5.74, 6) is -4.47. The highest BCUT2D eigenvalue weighted by molar-refractivity contribution is 5.94. The van der Waals surface area contributed by atoms with Gasteiger partial charge in [-0.2, -0.15) is 0 Å². The van der Waals surface area contributed by atoms with Gasteiger partial charge in [0, 0.05) is 5.69 Å². The molecule has 0 saturated heterocycles. The molecule has 0 bridgehead atoms. The summed E-state index contributed by atoms with van der Waals surface area (Å²) in [4.78, 5) is 10.9. The van der Waals surface area contributed by atoms with E-state index in [1.807, 2.05) is 0 Å². The number of rotatable bonds is 5. The normalized spacial score (nSPS) is 11.3. The van der Waals surface area contributed by atoms with Crippen molar-refractivity contribution < 1.29 is 23.8 Å². The molecule has 0 fully saturated rings. The van der Waals surface area contributed by atoms with Crippen LogP contribution in [0.4, 0.5) is 14.5 Å². The van der Waals surface area contributed by atoms with Gasteiger partial charge in [-0.05, 0) is 19.1 Å². The van der Waals surface area contributed by atoms with Crippen molar-refractivity contribution in [2.75, 3.05) is 18.5 Å². The Bertz CT molecular complexity index is 421. The van der Waals surface area contributed by atoms with Crippen molar-refractivity contribution in [1.29, 1.82) is 0 Å². The van der Waals surface area contributed by atoms with Gasteiger partial charge in [0.1, 0.15) is 6.61 Å². The second-order valence-electron chi connectivity index (χ2n) is 3.72. The molecule has 1 aromatic rings. The zero-order chi connectivity index (χ0) is 13.1. The Morgan fingerprint density at radius 3 is 2.65 bits per heavy atom. The SMILES string of the molecule is Cc1ccc(NCC(F)(F)CO)c(C(=O)O)c1. The van der Waals surface area contributed by atoms with E-state index in [1.54, 1.807) is 13.0 Å². The van der Waals surface area contributed by atoms with Gasteiger partial charge in [0.05, 0.1) is 12.1 Å². The minimum atomic E-state index is -3.28. The maximum atomic E-state index is 12.8. The third-order valence-corrected chi connectivity index (χ3v) is 2.17. The van der Waals surface area contributed by atoms with Gasteiger partial charge in [-0.15, -0.1) is 0 Å². The van der Waals surface area contributed by atoms with Crippen LogP contribution in [0.3, 0.4) is 0 Å². The van der Waals surface area contributed by atoms with Crippen LogP contribution in [0.15, 0.2) is 18.2 Å². The van der Waals surface area contributed by atoms with Crippen molar-refractivity contribution in [2.45, 2.75) is 12.8 Å². The molecule has 0 spiro atoms. The minimum Gasteiger partial charge on any atom is -0.478 e. The highest BCUT2D eigenvalue weighted by atomic mass is 19.3. The zero-order valence-electron chi connectivity index (χ0n) is 9.20. The van der Waals surface area contributed by atoms with Crippen LogP contribution >= 0.6 is 0 Å². The molecule has 6 heteroatoms. The van der Waals surface area contributed by atoms with Crippen molar-refractivity contribution in [3.05, 3.63) is 29.3 Å². The van der Waals surface area contributed by atoms with Crippen molar-refractivity contribution in [3.63, 3.8) is 0 Å². The minimum absolute atomic E-state index is 0.0706. The van der Waals surface area contributed by atoms with E-state index in [0.717, 1.165) is 5.56 Å². The number of carbonyl (C=O) groups is 1. The Kier molecular flexibility index (Phi) is 4.01. The first-order chi connectivity index (χ1) is 7.85. The van der Waals surface area contributed by atoms with E-state index < -0.39 is 25.0 Å². The number of aliphatic hydroxyl groups is 1. The second-order valence-corrected chi connectivity index (χ2v) is 3.72. The van der Waals surface area contributed by atoms with E-state index in [9.17, 15) is 13.6 Å². The van der Waals surface area contributed by atoms with Gasteiger partial charge in [0.25, 0.3) is 5.92 Å². The average molecular weight is 245 g/mol. The van der Waals surface area contributed by atoms with Crippen LogP contribution in [-0.4, -0.2) is 35.3 Å². The summed E-state index contributed by atoms with van der Waals surface area (Å²) >= 11 is 0. The summed E-state index contributed by atoms with van der Waals surface area (Å²) in [6.45, 7) is -0.389. The number of benzene rings is 1. The molecule has 0 aromatic heterocycles. The number of carboxylic acids is 1. The number of anilines is 1. The predicted molar refractivity (Wildman–Crippen MR) is 58.7 cm³/mol. The number of hydrogen-bond donors (Lipinski definition) is 3. The molecule has 0 aliphatic heterocycles. The molecule has 0 aliphatic rings. The van der Waals surface area contributed by atoms with Gasteiger partial charge in [0.15, 0.2) is 0 Å². The first-order valence-corrected chi connectivity index (χ1v) is 4.92. The third kappa shape index (κ3) is 3.67. The van der Waals surface area contributed by atoms with E-state index in [1.165, 1.54) is 12.1 Å². The first kappa shape index (κ1) is 13.4. The summed E-state index contributed by atoms with van der Waals surface area (Å²) in [6.07, 6.45) is 0. The van der Waals surface area contributed by atoms with Crippen LogP contribution in [0, 0.1) is 6.92 Å². The molecule has 0 aliphatic carbocycles. The Morgan fingerprint density at radius 2 is 2.12 bits per heavy atom. The lowest BCUT2D eigenvalue weighted by Gasteiger charge is -2.16. The molecular formula is C11H13F2NO3. The molecule has 0 atom stereocenters. The number of hydrogen-bond acceptors (Lipinski definition) is 3. The Balaban J connectivity index is 2.88. The molecule has 0 saturated carbocycles. The molecule has 0 heterocycles. The number of halogens is 2. The molecule has 3 N–H and O–H groups in total. The smallest absolute Gasteiger partial charge is 0.337 e. The van der Waals surface area contributed by atoms with E-state index in [0.29, 0.717) is 0 Å². The van der Waals surface area contributed by atoms with E-state index in [2.05, 4.69) is 5.32 Å². The Morgan fingerprint density at radius 1 is 1.47 bits per heavy atom. The van der Waals surface area contributed by atoms with Crippen LogP contribution in [0.2, 0.25) is 0 Å². The summed E-state index contributed by atoms with van der Waals surface area (Å²) in [7, 11) is 0. The van der Waals surface area contributed by atoms with Gasteiger partial charge >= 0.3 is 5.97 Å². The molecule has 0 unspecified atom stereocenters. The van der Waals surface area contributed by atoms with Crippen LogP contribution in [0.1, 0.15) is 15.9 Å². The van der Waals surface area contributed by atoms with Crippen molar-refractivity contribution in [3.8, 4) is 0 Å². The van der Waals surface area contributed by atoms with E-state index >= 15 is 0 Å². The fourth-order valence-corrected chi connectivity index (χ4v) is 1.27. The van der Waals surface area contributed by atoms with Gasteiger partial charge in [-0.25, -0.2) is 13.6 Å². The van der Waals surface area contributed by atoms with Crippen molar-refractivity contribution >= 4 is 11.7 Å². The van der Waals surface area contributed by atoms with Crippen LogP contribution < -0.4 is 5.32 Å². The second kappa shape index (κ2) is 5.09. The summed E-state index contributed by atoms with van der Waals surface area (Å²) in [6, 6.07) is 4.43. The molecule has 17 heavy (non-hydrogen) atoms. The first-order valence-electron chi connectivity index (χ1n) is 4.92. The molecule has 1 rings (SSSR count). The fraction of sp³-hybridized carbons (Fsp3) is 0.364. The van der Waals surface area contributed by atoms with Crippen molar-refractivity contribution in [2.24, 2.45) is 0 Å². The highest BCUT2D eigenvalue weighted by Gasteiger charge is 2.27. The van der Waals surface area contributed by atoms with Crippen molar-refractivity contribution in [1.82, 2.24) is 0 Å². The van der Waals surface area contributed by atoms with Gasteiger partial charge in [-0.3, -0.25) is 0 Å². The molecule has 94 valence electrons. The monoisotopic (exact) mass is 245 g/mol. The highest BCUT2D eigenvalue weighted by Crippen LogP contribution is 2.20. The van der Waals surface area contributed by atoms with Gasteiger partial charge in [0.2, 0.25) is 0 Å². The van der Waals surface area contributed by atoms with E-state index in [4.69, 9.17) is 10.2 Å². The number of aliphatic hydroxyl groups excluding tert-OH is 1. The molecular weight excluding hydrogens is 232 g/mol. The molecule has 4 nitrogen and oxygen atoms in total. The van der Waals surface area contributed by atoms with E-state index in [-0.39, 0.29) is 11.3 Å². The predicted octanol–water partition coefficient (Wildman–Crippen LogP) is 1.73. The standard InChI is InChI=1S/C11H13F2NO3/c1-7-2-3-9(8(4-7)10(16)17)14-5-11(12,13)6-15/h2-4,14-15H,5-6H2,1H3,(H,16,17). The molecule has 0 amide bonds. The van der Waals surface area contributed by atoms with Crippen LogP contribution in [0.25, 0.3) is 0 Å². The number of aryl methyl sites for hydroxylation is 1. The number of aromatic carboxylic acids is 1. The van der Waals surface area contributed by atoms with Crippen LogP contribution in [0.5, 0.6) is 0 Å². The maximum Gasteiger partial charge on any atom is 0.337 e. The molecule has 1 aromatic carbocycles. The number of carboxylic acid groups (broad SMARTS) is 1. The Labute approximate surface area is 96.9 Å². The number of nitrogens with one attached hydrogen (secondary N) is 1. The quantitative estimate of drug-likeness (QED) is 0.739. The Hall–Kier alpha value is -1.69. The largest absolute Gasteiger partial charge is 0.478 e. The topological polar surface area (TPSA) is 69.6 Å². The zero-order valence-corrected chi connectivity index (χ0v) is 9.20. The van der Waals surface area contributed by atoms with Gasteiger partial charge < -0.3 is 15.5 Å². The lowest BCUT2D eigenvalue weighted by Crippen LogP contribution is -2.31. The molecule has 0 radical (unpaired) electrons. The lowest BCUT2D eigenvalue weighted by atomic mass is 10.1. The maximum absolute atomic E-state index is 12.8. The fourth-order valence-electron chi connectivity index (χ4n) is 1.27. The summed E-state index contributed by atoms with van der Waals surface area (Å²) in [5, 5.41) is 19.6. The summed E-state index contributed by atoms with van der Waals surface area (Å²) < 4.78 is 25.6.